The van der Waals surface area contributed by atoms with E-state index in [1.165, 1.54) is 7.11 Å². The van der Waals surface area contributed by atoms with Gasteiger partial charge in [0.2, 0.25) is 0 Å². The molecule has 2 heterocycles. The summed E-state index contributed by atoms with van der Waals surface area (Å²) in [5.41, 5.74) is 3.58. The molecular weight excluding hydrogens is 370 g/mol. The molecule has 0 radical (unpaired) electrons. The fourth-order valence-electron chi connectivity index (χ4n) is 3.66. The summed E-state index contributed by atoms with van der Waals surface area (Å²) in [4.78, 5) is 28.2. The third-order valence-corrected chi connectivity index (χ3v) is 5.08. The lowest BCUT2D eigenvalue weighted by atomic mass is 10.1. The van der Waals surface area contributed by atoms with Crippen LogP contribution >= 0.6 is 0 Å². The number of amides is 1. The highest BCUT2D eigenvalue weighted by Crippen LogP contribution is 2.35. The minimum atomic E-state index is -0.381. The number of hydrogen-bond acceptors (Lipinski definition) is 6. The van der Waals surface area contributed by atoms with E-state index in [0.717, 1.165) is 11.3 Å². The van der Waals surface area contributed by atoms with Crippen molar-refractivity contribution in [2.45, 2.75) is 12.7 Å². The largest absolute Gasteiger partial charge is 0.465 e. The van der Waals surface area contributed by atoms with E-state index in [4.69, 9.17) is 4.74 Å². The molecule has 1 aromatic heterocycles. The molecule has 0 saturated heterocycles. The van der Waals surface area contributed by atoms with Crippen LogP contribution in [0.1, 0.15) is 38.1 Å². The second kappa shape index (κ2) is 7.38. The van der Waals surface area contributed by atoms with Gasteiger partial charge < -0.3 is 14.5 Å². The maximum absolute atomic E-state index is 12.8. The number of anilines is 1. The predicted molar refractivity (Wildman–Crippen MR) is 107 cm³/mol. The Morgan fingerprint density at radius 2 is 1.90 bits per heavy atom. The van der Waals surface area contributed by atoms with Crippen molar-refractivity contribution in [1.82, 2.24) is 19.9 Å². The van der Waals surface area contributed by atoms with Crippen molar-refractivity contribution in [2.75, 3.05) is 26.1 Å². The molecular formula is C21H21N5O3. The number of carbonyl (C=O) groups is 2. The van der Waals surface area contributed by atoms with Gasteiger partial charge in [0.05, 0.1) is 36.7 Å². The lowest BCUT2D eigenvalue weighted by Crippen LogP contribution is -2.45. The SMILES string of the molecule is COC(=O)c1cccc(Cn2cc([C@H]3N(C)C(=O)c4ccccc4N3C)nn2)c1. The molecule has 1 atom stereocenters. The van der Waals surface area contributed by atoms with E-state index < -0.39 is 0 Å². The Kier molecular flexibility index (Phi) is 4.75. The van der Waals surface area contributed by atoms with E-state index in [9.17, 15) is 9.59 Å². The zero-order valence-electron chi connectivity index (χ0n) is 16.4. The van der Waals surface area contributed by atoms with Crippen LogP contribution in [0, 0.1) is 0 Å². The van der Waals surface area contributed by atoms with Crippen molar-refractivity contribution in [3.8, 4) is 0 Å². The van der Waals surface area contributed by atoms with Crippen molar-refractivity contribution in [1.29, 1.82) is 0 Å². The average Bonchev–Trinajstić information content (AvgIpc) is 3.19. The number of methoxy groups -OCH3 is 1. The third kappa shape index (κ3) is 3.33. The molecule has 3 aromatic rings. The summed E-state index contributed by atoms with van der Waals surface area (Å²) in [6, 6.07) is 14.7. The molecule has 0 N–H and O–H groups in total. The monoisotopic (exact) mass is 391 g/mol. The number of carbonyl (C=O) groups excluding carboxylic acids is 2. The second-order valence-electron chi connectivity index (χ2n) is 6.95. The Balaban J connectivity index is 1.60. The van der Waals surface area contributed by atoms with Crippen molar-refractivity contribution < 1.29 is 14.3 Å². The Labute approximate surface area is 168 Å². The van der Waals surface area contributed by atoms with Gasteiger partial charge >= 0.3 is 5.97 Å². The lowest BCUT2D eigenvalue weighted by molar-refractivity contribution is 0.0600. The van der Waals surface area contributed by atoms with E-state index >= 15 is 0 Å². The number of nitrogens with zero attached hydrogens (tertiary/aromatic N) is 5. The fraction of sp³-hybridized carbons (Fsp3) is 0.238. The van der Waals surface area contributed by atoms with E-state index in [1.54, 1.807) is 34.8 Å². The van der Waals surface area contributed by atoms with Crippen molar-refractivity contribution in [2.24, 2.45) is 0 Å². The maximum Gasteiger partial charge on any atom is 0.337 e. The van der Waals surface area contributed by atoms with Gasteiger partial charge in [-0.15, -0.1) is 5.10 Å². The molecule has 29 heavy (non-hydrogen) atoms. The summed E-state index contributed by atoms with van der Waals surface area (Å²) in [5.74, 6) is -0.433. The van der Waals surface area contributed by atoms with E-state index in [2.05, 4.69) is 10.3 Å². The lowest BCUT2D eigenvalue weighted by Gasteiger charge is -2.40. The van der Waals surface area contributed by atoms with E-state index in [0.29, 0.717) is 23.4 Å². The smallest absolute Gasteiger partial charge is 0.337 e. The Morgan fingerprint density at radius 1 is 1.10 bits per heavy atom. The zero-order valence-corrected chi connectivity index (χ0v) is 16.4. The number of aromatic nitrogens is 3. The number of rotatable bonds is 4. The first-order valence-electron chi connectivity index (χ1n) is 9.16. The van der Waals surface area contributed by atoms with Gasteiger partial charge in [0.1, 0.15) is 5.69 Å². The Hall–Kier alpha value is -3.68. The van der Waals surface area contributed by atoms with Crippen LogP contribution in [0.15, 0.2) is 54.7 Å². The van der Waals surface area contributed by atoms with E-state index in [-0.39, 0.29) is 18.0 Å². The Morgan fingerprint density at radius 3 is 2.69 bits per heavy atom. The third-order valence-electron chi connectivity index (χ3n) is 5.08. The molecule has 0 unspecified atom stereocenters. The van der Waals surface area contributed by atoms with Crippen molar-refractivity contribution in [3.63, 3.8) is 0 Å². The van der Waals surface area contributed by atoms with E-state index in [1.807, 2.05) is 48.5 Å². The van der Waals surface area contributed by atoms with Gasteiger partial charge in [-0.3, -0.25) is 4.79 Å². The summed E-state index contributed by atoms with van der Waals surface area (Å²) in [7, 11) is 5.05. The second-order valence-corrected chi connectivity index (χ2v) is 6.95. The summed E-state index contributed by atoms with van der Waals surface area (Å²) in [6.07, 6.45) is 1.47. The summed E-state index contributed by atoms with van der Waals surface area (Å²) in [6.45, 7) is 0.447. The van der Waals surface area contributed by atoms with Gasteiger partial charge in [-0.25, -0.2) is 9.48 Å². The molecule has 0 spiro atoms. The van der Waals surface area contributed by atoms with Gasteiger partial charge in [-0.2, -0.15) is 0 Å². The summed E-state index contributed by atoms with van der Waals surface area (Å²) in [5, 5.41) is 8.52. The first-order chi connectivity index (χ1) is 14.0. The van der Waals surface area contributed by atoms with Gasteiger partial charge in [0.15, 0.2) is 6.17 Å². The number of benzene rings is 2. The zero-order chi connectivity index (χ0) is 20.5. The van der Waals surface area contributed by atoms with Crippen LogP contribution in [0.5, 0.6) is 0 Å². The Bertz CT molecular complexity index is 1080. The highest BCUT2D eigenvalue weighted by molar-refractivity contribution is 6.01. The molecule has 0 bridgehead atoms. The van der Waals surface area contributed by atoms with Crippen LogP contribution in [-0.2, 0) is 11.3 Å². The molecule has 0 fully saturated rings. The molecule has 148 valence electrons. The summed E-state index contributed by atoms with van der Waals surface area (Å²) >= 11 is 0. The molecule has 1 amide bonds. The fourth-order valence-corrected chi connectivity index (χ4v) is 3.66. The highest BCUT2D eigenvalue weighted by Gasteiger charge is 2.35. The first kappa shape index (κ1) is 18.7. The minimum Gasteiger partial charge on any atom is -0.465 e. The number of ether oxygens (including phenoxy) is 1. The summed E-state index contributed by atoms with van der Waals surface area (Å²) < 4.78 is 6.46. The van der Waals surface area contributed by atoms with Gasteiger partial charge in [-0.05, 0) is 29.8 Å². The van der Waals surface area contributed by atoms with Crippen LogP contribution in [0.25, 0.3) is 0 Å². The van der Waals surface area contributed by atoms with Crippen molar-refractivity contribution >= 4 is 17.6 Å². The quantitative estimate of drug-likeness (QED) is 0.635. The molecule has 2 aromatic carbocycles. The van der Waals surface area contributed by atoms with Gasteiger partial charge in [0.25, 0.3) is 5.91 Å². The molecule has 8 nitrogen and oxygen atoms in total. The van der Waals surface area contributed by atoms with Crippen molar-refractivity contribution in [3.05, 3.63) is 77.1 Å². The van der Waals surface area contributed by atoms with Crippen LogP contribution in [0.2, 0.25) is 0 Å². The van der Waals surface area contributed by atoms with Crippen LogP contribution in [-0.4, -0.2) is 53.0 Å². The highest BCUT2D eigenvalue weighted by atomic mass is 16.5. The normalized spacial score (nSPS) is 16.0. The molecule has 0 saturated carbocycles. The molecule has 1 aliphatic heterocycles. The van der Waals surface area contributed by atoms with Crippen LogP contribution < -0.4 is 4.90 Å². The predicted octanol–water partition coefficient (Wildman–Crippen LogP) is 2.33. The van der Waals surface area contributed by atoms with Crippen LogP contribution in [0.4, 0.5) is 5.69 Å². The van der Waals surface area contributed by atoms with Gasteiger partial charge in [0, 0.05) is 14.1 Å². The van der Waals surface area contributed by atoms with Gasteiger partial charge in [-0.1, -0.05) is 29.5 Å². The average molecular weight is 391 g/mol. The number of hydrogen-bond donors (Lipinski definition) is 0. The first-order valence-corrected chi connectivity index (χ1v) is 9.16. The van der Waals surface area contributed by atoms with Crippen LogP contribution in [0.3, 0.4) is 0 Å². The molecule has 1 aliphatic rings. The standard InChI is InChI=1S/C21H21N5O3/c1-24-18-10-5-4-9-16(18)20(27)25(2)19(24)17-13-26(23-22-17)12-14-7-6-8-15(11-14)21(28)29-3/h4-11,13,19H,12H2,1-3H3/t19-/m1/s1. The minimum absolute atomic E-state index is 0.0518. The molecule has 4 rings (SSSR count). The number of fused-ring (bicyclic) bond motifs is 1. The number of para-hydroxylation sites is 1. The maximum atomic E-state index is 12.8. The molecule has 8 heteroatoms. The number of esters is 1. The molecule has 0 aliphatic carbocycles. The topological polar surface area (TPSA) is 80.6 Å².